The van der Waals surface area contributed by atoms with Gasteiger partial charge in [0.15, 0.2) is 0 Å². The fourth-order valence-electron chi connectivity index (χ4n) is 2.90. The monoisotopic (exact) mass is 244 g/mol. The van der Waals surface area contributed by atoms with Crippen molar-refractivity contribution in [2.75, 3.05) is 13.1 Å². The summed E-state index contributed by atoms with van der Waals surface area (Å²) in [5, 5.41) is 0. The van der Waals surface area contributed by atoms with Gasteiger partial charge < -0.3 is 4.48 Å². The molecule has 0 aliphatic rings. The highest BCUT2D eigenvalue weighted by Gasteiger charge is 2.32. The first kappa shape index (κ1) is 16.2. The molecule has 0 aliphatic carbocycles. The van der Waals surface area contributed by atoms with Crippen molar-refractivity contribution in [2.45, 2.75) is 78.8 Å². The van der Waals surface area contributed by atoms with Gasteiger partial charge in [-0.1, -0.05) is 25.7 Å². The van der Waals surface area contributed by atoms with Gasteiger partial charge in [-0.3, -0.25) is 0 Å². The number of hydrogen-bond acceptors (Lipinski definition) is 0. The highest BCUT2D eigenvalue weighted by atomic mass is 28.3. The van der Waals surface area contributed by atoms with Crippen LogP contribution in [0.25, 0.3) is 0 Å². The van der Waals surface area contributed by atoms with E-state index in [-0.39, 0.29) is 0 Å². The molecule has 0 unspecified atom stereocenters. The summed E-state index contributed by atoms with van der Waals surface area (Å²) in [5.41, 5.74) is 0. The lowest BCUT2D eigenvalue weighted by Crippen LogP contribution is -2.58. The number of rotatable bonds is 7. The predicted molar refractivity (Wildman–Crippen MR) is 78.7 cm³/mol. The molecule has 0 heterocycles. The van der Waals surface area contributed by atoms with Gasteiger partial charge >= 0.3 is 0 Å². The summed E-state index contributed by atoms with van der Waals surface area (Å²) in [7, 11) is -0.849. The fraction of sp³-hybridized carbons (Fsp3) is 1.00. The fourth-order valence-corrected chi connectivity index (χ4v) is 4.12. The van der Waals surface area contributed by atoms with Crippen LogP contribution in [0.3, 0.4) is 0 Å². The number of quaternary nitrogens is 1. The van der Waals surface area contributed by atoms with Crippen LogP contribution in [0.1, 0.15) is 41.0 Å². The highest BCUT2D eigenvalue weighted by molar-refractivity contribution is 6.76. The third kappa shape index (κ3) is 4.58. The summed E-state index contributed by atoms with van der Waals surface area (Å²) in [6.45, 7) is 22.0. The zero-order valence-electron chi connectivity index (χ0n) is 12.9. The Bertz CT molecular complexity index is 183. The molecule has 0 saturated heterocycles. The molecule has 0 saturated carbocycles. The molecule has 98 valence electrons. The Balaban J connectivity index is 4.45. The average Bonchev–Trinajstić information content (AvgIpc) is 2.09. The topological polar surface area (TPSA) is 0 Å². The zero-order valence-corrected chi connectivity index (χ0v) is 13.9. The third-order valence-electron chi connectivity index (χ3n) is 4.15. The van der Waals surface area contributed by atoms with E-state index in [0.29, 0.717) is 0 Å². The first-order chi connectivity index (χ1) is 7.15. The second-order valence-electron chi connectivity index (χ2n) is 6.99. The smallest absolute Gasteiger partial charge is 0.0835 e. The van der Waals surface area contributed by atoms with Crippen molar-refractivity contribution < 1.29 is 4.48 Å². The first-order valence-corrected chi connectivity index (χ1v) is 10.7. The van der Waals surface area contributed by atoms with Gasteiger partial charge in [0.1, 0.15) is 0 Å². The van der Waals surface area contributed by atoms with Crippen molar-refractivity contribution in [3.05, 3.63) is 0 Å². The molecule has 0 N–H and O–H groups in total. The van der Waals surface area contributed by atoms with E-state index in [9.17, 15) is 0 Å². The minimum absolute atomic E-state index is 0.756. The van der Waals surface area contributed by atoms with Crippen LogP contribution in [-0.2, 0) is 0 Å². The van der Waals surface area contributed by atoms with E-state index in [1.807, 2.05) is 0 Å². The Kier molecular flexibility index (Phi) is 6.27. The maximum Gasteiger partial charge on any atom is 0.0835 e. The SMILES string of the molecule is CC[N+](CCC[Si](C)(C)C)(C(C)C)C(C)C. The molecular weight excluding hydrogens is 210 g/mol. The van der Waals surface area contributed by atoms with E-state index in [4.69, 9.17) is 0 Å². The van der Waals surface area contributed by atoms with E-state index in [2.05, 4.69) is 54.3 Å². The van der Waals surface area contributed by atoms with Gasteiger partial charge in [0.2, 0.25) is 0 Å². The number of nitrogens with zero attached hydrogens (tertiary/aromatic N) is 1. The van der Waals surface area contributed by atoms with Crippen molar-refractivity contribution in [3.8, 4) is 0 Å². The molecule has 0 aromatic rings. The summed E-state index contributed by atoms with van der Waals surface area (Å²) in [4.78, 5) is 0. The second kappa shape index (κ2) is 6.20. The zero-order chi connectivity index (χ0) is 13.0. The predicted octanol–water partition coefficient (Wildman–Crippen LogP) is 4.37. The minimum Gasteiger partial charge on any atom is -0.320 e. The molecule has 0 radical (unpaired) electrons. The van der Waals surface area contributed by atoms with Gasteiger partial charge in [-0.2, -0.15) is 0 Å². The first-order valence-electron chi connectivity index (χ1n) is 7.02. The summed E-state index contributed by atoms with van der Waals surface area (Å²) in [6.07, 6.45) is 1.42. The van der Waals surface area contributed by atoms with E-state index in [1.165, 1.54) is 30.0 Å². The van der Waals surface area contributed by atoms with Crippen LogP contribution < -0.4 is 0 Å². The van der Waals surface area contributed by atoms with Crippen LogP contribution in [0.4, 0.5) is 0 Å². The van der Waals surface area contributed by atoms with Crippen LogP contribution in [-0.4, -0.2) is 37.7 Å². The van der Waals surface area contributed by atoms with E-state index in [1.54, 1.807) is 0 Å². The average molecular weight is 245 g/mol. The molecule has 0 atom stereocenters. The molecule has 0 aromatic carbocycles. The van der Waals surface area contributed by atoms with Crippen molar-refractivity contribution in [2.24, 2.45) is 0 Å². The summed E-state index contributed by atoms with van der Waals surface area (Å²) >= 11 is 0. The van der Waals surface area contributed by atoms with E-state index < -0.39 is 8.07 Å². The molecule has 1 nitrogen and oxygen atoms in total. The maximum absolute atomic E-state index is 2.48. The van der Waals surface area contributed by atoms with Crippen LogP contribution in [0.15, 0.2) is 0 Å². The van der Waals surface area contributed by atoms with Crippen LogP contribution >= 0.6 is 0 Å². The maximum atomic E-state index is 2.48. The molecule has 0 rings (SSSR count). The molecule has 0 spiro atoms. The normalized spacial score (nSPS) is 13.9. The van der Waals surface area contributed by atoms with Gasteiger partial charge in [0.05, 0.1) is 25.2 Å². The van der Waals surface area contributed by atoms with Gasteiger partial charge in [0.25, 0.3) is 0 Å². The van der Waals surface area contributed by atoms with E-state index >= 15 is 0 Å². The molecule has 2 heteroatoms. The van der Waals surface area contributed by atoms with E-state index in [0.717, 1.165) is 12.1 Å². The van der Waals surface area contributed by atoms with Gasteiger partial charge in [-0.15, -0.1) is 0 Å². The Morgan fingerprint density at radius 3 is 1.62 bits per heavy atom. The molecule has 0 fully saturated rings. The van der Waals surface area contributed by atoms with Crippen LogP contribution in [0.2, 0.25) is 25.7 Å². The number of hydrogen-bond donors (Lipinski definition) is 0. The molecule has 0 aromatic heterocycles. The Morgan fingerprint density at radius 1 is 0.938 bits per heavy atom. The lowest BCUT2D eigenvalue weighted by Gasteiger charge is -2.45. The Morgan fingerprint density at radius 2 is 1.38 bits per heavy atom. The van der Waals surface area contributed by atoms with Crippen molar-refractivity contribution in [3.63, 3.8) is 0 Å². The van der Waals surface area contributed by atoms with Crippen molar-refractivity contribution in [1.29, 1.82) is 0 Å². The lowest BCUT2D eigenvalue weighted by molar-refractivity contribution is -0.965. The van der Waals surface area contributed by atoms with Gasteiger partial charge in [-0.25, -0.2) is 0 Å². The molecular formula is C14H34NSi+. The summed E-state index contributed by atoms with van der Waals surface area (Å²) in [5.74, 6) is 0. The minimum atomic E-state index is -0.849. The van der Waals surface area contributed by atoms with Crippen LogP contribution in [0.5, 0.6) is 0 Å². The Labute approximate surface area is 105 Å². The lowest BCUT2D eigenvalue weighted by atomic mass is 10.1. The summed E-state index contributed by atoms with van der Waals surface area (Å²) < 4.78 is 1.30. The molecule has 0 bridgehead atoms. The van der Waals surface area contributed by atoms with Crippen molar-refractivity contribution >= 4 is 8.07 Å². The Hall–Kier alpha value is 0.177. The quantitative estimate of drug-likeness (QED) is 0.461. The van der Waals surface area contributed by atoms with Crippen LogP contribution in [0, 0.1) is 0 Å². The largest absolute Gasteiger partial charge is 0.320 e. The third-order valence-corrected chi connectivity index (χ3v) is 6.00. The highest BCUT2D eigenvalue weighted by Crippen LogP contribution is 2.22. The van der Waals surface area contributed by atoms with Gasteiger partial charge in [-0.05, 0) is 41.0 Å². The molecule has 16 heavy (non-hydrogen) atoms. The summed E-state index contributed by atoms with van der Waals surface area (Å²) in [6, 6.07) is 2.99. The standard InChI is InChI=1S/C14H34NSi/c1-9-15(13(2)3,14(4)5)11-10-12-16(6,7)8/h13-14H,9-12H2,1-8H3/q+1. The molecule has 0 amide bonds. The second-order valence-corrected chi connectivity index (χ2v) is 12.6. The van der Waals surface area contributed by atoms with Crippen molar-refractivity contribution in [1.82, 2.24) is 0 Å². The molecule has 0 aliphatic heterocycles. The van der Waals surface area contributed by atoms with Gasteiger partial charge in [0, 0.05) is 8.07 Å².